The molecule has 0 atom stereocenters. The highest BCUT2D eigenvalue weighted by Gasteiger charge is 2.04. The molecule has 0 spiro atoms. The highest BCUT2D eigenvalue weighted by atomic mass is 16.3. The van der Waals surface area contributed by atoms with Gasteiger partial charge in [-0.1, -0.05) is 6.07 Å². The summed E-state index contributed by atoms with van der Waals surface area (Å²) in [5.74, 6) is -0.476. The average molecular weight is 180 g/mol. The van der Waals surface area contributed by atoms with Crippen LogP contribution in [0.1, 0.15) is 15.9 Å². The van der Waals surface area contributed by atoms with Crippen molar-refractivity contribution in [2.75, 3.05) is 6.54 Å². The highest BCUT2D eigenvalue weighted by molar-refractivity contribution is 5.93. The van der Waals surface area contributed by atoms with Gasteiger partial charge in [-0.25, -0.2) is 0 Å². The number of rotatable bonds is 3. The molecule has 0 radical (unpaired) electrons. The maximum Gasteiger partial charge on any atom is 0.248 e. The van der Waals surface area contributed by atoms with Gasteiger partial charge in [-0.05, 0) is 30.7 Å². The van der Waals surface area contributed by atoms with Crippen LogP contribution in [-0.4, -0.2) is 17.6 Å². The molecule has 1 aromatic carbocycles. The Morgan fingerprint density at radius 2 is 2.15 bits per heavy atom. The van der Waals surface area contributed by atoms with Gasteiger partial charge in [-0.3, -0.25) is 4.79 Å². The summed E-state index contributed by atoms with van der Waals surface area (Å²) in [7, 11) is 0. The van der Waals surface area contributed by atoms with E-state index in [4.69, 9.17) is 11.5 Å². The normalized spacial score (nSPS) is 9.92. The van der Waals surface area contributed by atoms with Crippen LogP contribution < -0.4 is 11.5 Å². The van der Waals surface area contributed by atoms with Crippen LogP contribution in [0.5, 0.6) is 5.75 Å². The second kappa shape index (κ2) is 3.91. The van der Waals surface area contributed by atoms with Crippen LogP contribution in [0.15, 0.2) is 18.2 Å². The highest BCUT2D eigenvalue weighted by Crippen LogP contribution is 2.18. The van der Waals surface area contributed by atoms with Gasteiger partial charge in [-0.2, -0.15) is 0 Å². The largest absolute Gasteiger partial charge is 0.508 e. The van der Waals surface area contributed by atoms with Gasteiger partial charge in [0, 0.05) is 5.56 Å². The third kappa shape index (κ3) is 2.19. The number of primary amides is 1. The smallest absolute Gasteiger partial charge is 0.248 e. The number of hydrogen-bond donors (Lipinski definition) is 3. The Balaban J connectivity index is 2.98. The summed E-state index contributed by atoms with van der Waals surface area (Å²) in [6, 6.07) is 4.59. The van der Waals surface area contributed by atoms with E-state index in [1.807, 2.05) is 0 Å². The number of nitrogens with two attached hydrogens (primary N) is 2. The topological polar surface area (TPSA) is 89.3 Å². The molecule has 0 saturated carbocycles. The predicted octanol–water partition coefficient (Wildman–Crippen LogP) is -0.00770. The van der Waals surface area contributed by atoms with Crippen molar-refractivity contribution in [3.8, 4) is 5.75 Å². The predicted molar refractivity (Wildman–Crippen MR) is 49.4 cm³/mol. The minimum atomic E-state index is -0.547. The van der Waals surface area contributed by atoms with Crippen molar-refractivity contribution >= 4 is 5.91 Å². The second-order valence-corrected chi connectivity index (χ2v) is 2.75. The van der Waals surface area contributed by atoms with Gasteiger partial charge in [0.05, 0.1) is 0 Å². The van der Waals surface area contributed by atoms with Gasteiger partial charge in [0.15, 0.2) is 0 Å². The van der Waals surface area contributed by atoms with Crippen LogP contribution >= 0.6 is 0 Å². The van der Waals surface area contributed by atoms with Gasteiger partial charge in [-0.15, -0.1) is 0 Å². The van der Waals surface area contributed by atoms with Crippen molar-refractivity contribution in [1.82, 2.24) is 0 Å². The van der Waals surface area contributed by atoms with Crippen LogP contribution in [-0.2, 0) is 6.42 Å². The molecule has 0 saturated heterocycles. The maximum absolute atomic E-state index is 10.7. The molecule has 0 bridgehead atoms. The van der Waals surface area contributed by atoms with Gasteiger partial charge < -0.3 is 16.6 Å². The number of carbonyl (C=O) groups excluding carboxylic acids is 1. The third-order valence-electron chi connectivity index (χ3n) is 1.78. The van der Waals surface area contributed by atoms with Crippen molar-refractivity contribution in [3.05, 3.63) is 29.3 Å². The first kappa shape index (κ1) is 9.54. The molecule has 4 nitrogen and oxygen atoms in total. The Morgan fingerprint density at radius 3 is 2.62 bits per heavy atom. The number of aromatic hydroxyl groups is 1. The van der Waals surface area contributed by atoms with Gasteiger partial charge in [0.2, 0.25) is 5.91 Å². The van der Waals surface area contributed by atoms with Crippen molar-refractivity contribution in [2.45, 2.75) is 6.42 Å². The summed E-state index contributed by atoms with van der Waals surface area (Å²) in [4.78, 5) is 10.7. The molecule has 70 valence electrons. The fourth-order valence-electron chi connectivity index (χ4n) is 1.08. The minimum Gasteiger partial charge on any atom is -0.508 e. The second-order valence-electron chi connectivity index (χ2n) is 2.75. The first-order valence-electron chi connectivity index (χ1n) is 3.97. The Kier molecular flexibility index (Phi) is 2.87. The number of benzene rings is 1. The summed E-state index contributed by atoms with van der Waals surface area (Å²) in [5.41, 5.74) is 11.4. The Hall–Kier alpha value is -1.55. The molecule has 0 fully saturated rings. The van der Waals surface area contributed by atoms with E-state index in [9.17, 15) is 9.90 Å². The van der Waals surface area contributed by atoms with Crippen LogP contribution in [0, 0.1) is 0 Å². The van der Waals surface area contributed by atoms with Crippen molar-refractivity contribution < 1.29 is 9.90 Å². The lowest BCUT2D eigenvalue weighted by molar-refractivity contribution is 0.1000. The van der Waals surface area contributed by atoms with Gasteiger partial charge in [0.1, 0.15) is 5.75 Å². The van der Waals surface area contributed by atoms with Gasteiger partial charge >= 0.3 is 0 Å². The molecule has 0 heterocycles. The fraction of sp³-hybridized carbons (Fsp3) is 0.222. The molecule has 4 heteroatoms. The Labute approximate surface area is 76.2 Å². The molecular formula is C9H12N2O2. The molecule has 1 rings (SSSR count). The van der Waals surface area contributed by atoms with E-state index in [1.165, 1.54) is 6.07 Å². The van der Waals surface area contributed by atoms with E-state index in [-0.39, 0.29) is 5.75 Å². The zero-order chi connectivity index (χ0) is 9.84. The monoisotopic (exact) mass is 180 g/mol. The van der Waals surface area contributed by atoms with Crippen LogP contribution in [0.25, 0.3) is 0 Å². The summed E-state index contributed by atoms with van der Waals surface area (Å²) in [6.07, 6.45) is 0.588. The maximum atomic E-state index is 10.7. The SMILES string of the molecule is NCCc1ccc(C(N)=O)cc1O. The number of hydrogen-bond acceptors (Lipinski definition) is 3. The van der Waals surface area contributed by atoms with Crippen LogP contribution in [0.4, 0.5) is 0 Å². The quantitative estimate of drug-likeness (QED) is 0.611. The fourth-order valence-corrected chi connectivity index (χ4v) is 1.08. The van der Waals surface area contributed by atoms with E-state index in [0.717, 1.165) is 5.56 Å². The minimum absolute atomic E-state index is 0.0711. The molecule has 0 aliphatic carbocycles. The first-order chi connectivity index (χ1) is 6.15. The number of phenols is 1. The van der Waals surface area contributed by atoms with Crippen LogP contribution in [0.3, 0.4) is 0 Å². The molecule has 5 N–H and O–H groups in total. The zero-order valence-corrected chi connectivity index (χ0v) is 7.16. The number of amides is 1. The van der Waals surface area contributed by atoms with Crippen molar-refractivity contribution in [2.24, 2.45) is 11.5 Å². The van der Waals surface area contributed by atoms with Gasteiger partial charge in [0.25, 0.3) is 0 Å². The van der Waals surface area contributed by atoms with Crippen molar-refractivity contribution in [3.63, 3.8) is 0 Å². The number of phenolic OH excluding ortho intramolecular Hbond substituents is 1. The lowest BCUT2D eigenvalue weighted by atomic mass is 10.1. The summed E-state index contributed by atoms with van der Waals surface area (Å²) in [5, 5.41) is 9.41. The van der Waals surface area contributed by atoms with E-state index in [1.54, 1.807) is 12.1 Å². The molecule has 13 heavy (non-hydrogen) atoms. The molecule has 0 aliphatic rings. The lowest BCUT2D eigenvalue weighted by Crippen LogP contribution is -2.11. The van der Waals surface area contributed by atoms with E-state index in [2.05, 4.69) is 0 Å². The zero-order valence-electron chi connectivity index (χ0n) is 7.16. The van der Waals surface area contributed by atoms with E-state index >= 15 is 0 Å². The van der Waals surface area contributed by atoms with Crippen LogP contribution in [0.2, 0.25) is 0 Å². The summed E-state index contributed by atoms with van der Waals surface area (Å²) < 4.78 is 0. The summed E-state index contributed by atoms with van der Waals surface area (Å²) in [6.45, 7) is 0.462. The molecule has 0 aliphatic heterocycles. The summed E-state index contributed by atoms with van der Waals surface area (Å²) >= 11 is 0. The van der Waals surface area contributed by atoms with Crippen molar-refractivity contribution in [1.29, 1.82) is 0 Å². The molecule has 0 aromatic heterocycles. The van der Waals surface area contributed by atoms with E-state index in [0.29, 0.717) is 18.5 Å². The Morgan fingerprint density at radius 1 is 1.46 bits per heavy atom. The first-order valence-corrected chi connectivity index (χ1v) is 3.97. The molecule has 1 amide bonds. The average Bonchev–Trinajstić information content (AvgIpc) is 2.08. The third-order valence-corrected chi connectivity index (χ3v) is 1.78. The van der Waals surface area contributed by atoms with E-state index < -0.39 is 5.91 Å². The lowest BCUT2D eigenvalue weighted by Gasteiger charge is -2.03. The molecule has 1 aromatic rings. The number of carbonyl (C=O) groups is 1. The molecular weight excluding hydrogens is 168 g/mol. The Bertz CT molecular complexity index is 323. The standard InChI is InChI=1S/C9H12N2O2/c10-4-3-6-1-2-7(9(11)13)5-8(6)12/h1-2,5,12H,3-4,10H2,(H2,11,13). The molecule has 0 unspecified atom stereocenters.